The fourth-order valence-corrected chi connectivity index (χ4v) is 7.21. The van der Waals surface area contributed by atoms with Gasteiger partial charge in [0.05, 0.1) is 27.7 Å². The molecule has 4 aromatic rings. The van der Waals surface area contributed by atoms with Crippen LogP contribution < -0.4 is 16.1 Å². The van der Waals surface area contributed by atoms with Gasteiger partial charge in [-0.3, -0.25) is 24.5 Å². The van der Waals surface area contributed by atoms with E-state index < -0.39 is 45.8 Å². The SMILES string of the molecule is Cc1ccc(N2C(=O)[C@@H]3[C@@H](C2=O)C2c4ccccc4C3(/C=N\NC(=O)c3ccccc3N)c3ccccc32)c([N+](=O)[O-])c1. The van der Waals surface area contributed by atoms with E-state index in [1.165, 1.54) is 18.3 Å². The van der Waals surface area contributed by atoms with Crippen LogP contribution in [0.3, 0.4) is 0 Å². The van der Waals surface area contributed by atoms with Crippen molar-refractivity contribution in [2.45, 2.75) is 18.3 Å². The highest BCUT2D eigenvalue weighted by atomic mass is 16.6. The zero-order chi connectivity index (χ0) is 30.0. The van der Waals surface area contributed by atoms with Gasteiger partial charge < -0.3 is 5.73 Å². The van der Waals surface area contributed by atoms with E-state index in [1.807, 2.05) is 48.5 Å². The van der Waals surface area contributed by atoms with E-state index in [0.717, 1.165) is 27.2 Å². The number of nitrogens with one attached hydrogen (secondary N) is 1. The first-order valence-electron chi connectivity index (χ1n) is 13.8. The number of aryl methyl sites for hydroxylation is 1. The number of anilines is 2. The maximum atomic E-state index is 14.5. The predicted octanol–water partition coefficient (Wildman–Crippen LogP) is 4.45. The van der Waals surface area contributed by atoms with Crippen molar-refractivity contribution in [3.63, 3.8) is 0 Å². The van der Waals surface area contributed by atoms with Crippen molar-refractivity contribution in [2.24, 2.45) is 16.9 Å². The van der Waals surface area contributed by atoms with E-state index in [4.69, 9.17) is 5.73 Å². The topological polar surface area (TPSA) is 148 Å². The van der Waals surface area contributed by atoms with Crippen LogP contribution in [-0.4, -0.2) is 28.9 Å². The van der Waals surface area contributed by atoms with E-state index in [2.05, 4.69) is 10.5 Å². The molecule has 4 aliphatic rings. The number of nitrogens with zero attached hydrogens (tertiary/aromatic N) is 3. The summed E-state index contributed by atoms with van der Waals surface area (Å²) in [7, 11) is 0. The lowest BCUT2D eigenvalue weighted by Crippen LogP contribution is -2.54. The van der Waals surface area contributed by atoms with Crippen LogP contribution in [0.4, 0.5) is 17.1 Å². The van der Waals surface area contributed by atoms with E-state index in [-0.39, 0.29) is 22.6 Å². The van der Waals surface area contributed by atoms with Gasteiger partial charge in [-0.25, -0.2) is 10.3 Å². The Bertz CT molecular complexity index is 1870. The van der Waals surface area contributed by atoms with Crippen LogP contribution in [0.1, 0.15) is 44.1 Å². The summed E-state index contributed by atoms with van der Waals surface area (Å²) in [4.78, 5) is 54.3. The molecule has 3 amide bonds. The monoisotopic (exact) mass is 571 g/mol. The molecule has 0 radical (unpaired) electrons. The first-order valence-corrected chi connectivity index (χ1v) is 13.8. The largest absolute Gasteiger partial charge is 0.398 e. The smallest absolute Gasteiger partial charge is 0.293 e. The average Bonchev–Trinajstić information content (AvgIpc) is 3.28. The third-order valence-electron chi connectivity index (χ3n) is 8.89. The standard InChI is InChI=1S/C33H25N5O5/c1-18-14-15-25(26(16-18)38(42)43)37-31(40)28-27-19-8-2-5-11-22(19)33(29(28)32(37)41,23-12-6-3-9-20(23)27)17-35-36-30(39)21-10-4-7-13-24(21)34/h2-17,27-29H,34H2,1H3,(H,36,39)/b35-17-/t27?,28-,29-,33?/m0/s1. The number of nitrogen functional groups attached to an aromatic ring is 1. The van der Waals surface area contributed by atoms with Gasteiger partial charge in [0, 0.05) is 23.9 Å². The molecule has 1 heterocycles. The van der Waals surface area contributed by atoms with Crippen molar-refractivity contribution in [1.82, 2.24) is 5.43 Å². The number of nitro groups is 1. The lowest BCUT2D eigenvalue weighted by Gasteiger charge is -2.52. The quantitative estimate of drug-likeness (QED) is 0.119. The molecule has 3 aliphatic carbocycles. The Morgan fingerprint density at radius 1 is 0.953 bits per heavy atom. The number of para-hydroxylation sites is 1. The van der Waals surface area contributed by atoms with E-state index in [9.17, 15) is 24.5 Å². The van der Waals surface area contributed by atoms with Crippen molar-refractivity contribution in [2.75, 3.05) is 10.6 Å². The number of rotatable bonds is 5. The van der Waals surface area contributed by atoms with Crippen LogP contribution in [0.5, 0.6) is 0 Å². The maximum absolute atomic E-state index is 14.5. The Morgan fingerprint density at radius 2 is 1.58 bits per heavy atom. The van der Waals surface area contributed by atoms with Gasteiger partial charge in [0.1, 0.15) is 5.69 Å². The average molecular weight is 572 g/mol. The predicted molar refractivity (Wildman–Crippen MR) is 160 cm³/mol. The molecule has 0 unspecified atom stereocenters. The number of nitrogens with two attached hydrogens (primary N) is 1. The molecule has 4 aromatic carbocycles. The molecular formula is C33H25N5O5. The number of amides is 3. The number of imide groups is 1. The molecule has 212 valence electrons. The minimum Gasteiger partial charge on any atom is -0.398 e. The second kappa shape index (κ2) is 9.45. The van der Waals surface area contributed by atoms with Gasteiger partial charge in [-0.2, -0.15) is 5.10 Å². The minimum absolute atomic E-state index is 0.0625. The molecule has 43 heavy (non-hydrogen) atoms. The Morgan fingerprint density at radius 3 is 2.23 bits per heavy atom. The van der Waals surface area contributed by atoms with Crippen molar-refractivity contribution >= 4 is 41.0 Å². The van der Waals surface area contributed by atoms with Crippen LogP contribution >= 0.6 is 0 Å². The fourth-order valence-electron chi connectivity index (χ4n) is 7.21. The van der Waals surface area contributed by atoms with Crippen LogP contribution in [0.25, 0.3) is 0 Å². The molecule has 8 rings (SSSR count). The molecule has 10 heteroatoms. The third-order valence-corrected chi connectivity index (χ3v) is 8.89. The summed E-state index contributed by atoms with van der Waals surface area (Å²) in [5.41, 5.74) is 11.4. The number of benzene rings is 4. The Kier molecular flexibility index (Phi) is 5.77. The summed E-state index contributed by atoms with van der Waals surface area (Å²) in [5.74, 6) is -3.84. The molecule has 0 aromatic heterocycles. The highest BCUT2D eigenvalue weighted by Crippen LogP contribution is 2.64. The molecule has 3 N–H and O–H groups in total. The molecule has 0 spiro atoms. The van der Waals surface area contributed by atoms with Gasteiger partial charge in [-0.15, -0.1) is 0 Å². The number of nitro benzene ring substituents is 1. The Hall–Kier alpha value is -5.64. The lowest BCUT2D eigenvalue weighted by atomic mass is 9.47. The van der Waals surface area contributed by atoms with Gasteiger partial charge >= 0.3 is 0 Å². The Labute approximate surface area is 246 Å². The zero-order valence-corrected chi connectivity index (χ0v) is 22.9. The summed E-state index contributed by atoms with van der Waals surface area (Å²) in [6, 6.07) is 26.2. The van der Waals surface area contributed by atoms with E-state index in [1.54, 1.807) is 37.3 Å². The van der Waals surface area contributed by atoms with E-state index in [0.29, 0.717) is 5.56 Å². The molecule has 0 saturated carbocycles. The first-order chi connectivity index (χ1) is 20.8. The maximum Gasteiger partial charge on any atom is 0.293 e. The van der Waals surface area contributed by atoms with Crippen LogP contribution in [0, 0.1) is 28.9 Å². The normalized spacial score (nSPS) is 23.2. The fraction of sp³-hybridized carbons (Fsp3) is 0.152. The number of carbonyl (C=O) groups excluding carboxylic acids is 3. The first kappa shape index (κ1) is 26.3. The van der Waals surface area contributed by atoms with Crippen molar-refractivity contribution in [3.8, 4) is 0 Å². The molecule has 2 bridgehead atoms. The second-order valence-corrected chi connectivity index (χ2v) is 11.1. The van der Waals surface area contributed by atoms with Gasteiger partial charge in [-0.05, 0) is 52.9 Å². The van der Waals surface area contributed by atoms with Gasteiger partial charge in [0.25, 0.3) is 11.6 Å². The number of carbonyl (C=O) groups is 3. The summed E-state index contributed by atoms with van der Waals surface area (Å²) in [6.45, 7) is 1.71. The number of hydrogen-bond donors (Lipinski definition) is 2. The van der Waals surface area contributed by atoms with Crippen LogP contribution in [0.2, 0.25) is 0 Å². The lowest BCUT2D eigenvalue weighted by molar-refractivity contribution is -0.384. The second-order valence-electron chi connectivity index (χ2n) is 11.1. The summed E-state index contributed by atoms with van der Waals surface area (Å²) in [5, 5.41) is 16.4. The summed E-state index contributed by atoms with van der Waals surface area (Å²) >= 11 is 0. The molecule has 1 fully saturated rings. The highest BCUT2D eigenvalue weighted by molar-refractivity contribution is 6.25. The zero-order valence-electron chi connectivity index (χ0n) is 22.9. The van der Waals surface area contributed by atoms with Crippen molar-refractivity contribution < 1.29 is 19.3 Å². The molecular weight excluding hydrogens is 546 g/mol. The molecule has 2 atom stereocenters. The highest BCUT2D eigenvalue weighted by Gasteiger charge is 2.68. The number of hydrazone groups is 1. The van der Waals surface area contributed by atoms with Gasteiger partial charge in [-0.1, -0.05) is 66.7 Å². The van der Waals surface area contributed by atoms with Crippen molar-refractivity contribution in [1.29, 1.82) is 0 Å². The molecule has 1 aliphatic heterocycles. The van der Waals surface area contributed by atoms with Crippen molar-refractivity contribution in [3.05, 3.63) is 134 Å². The minimum atomic E-state index is -1.25. The van der Waals surface area contributed by atoms with E-state index >= 15 is 0 Å². The van der Waals surface area contributed by atoms with Gasteiger partial charge in [0.2, 0.25) is 11.8 Å². The van der Waals surface area contributed by atoms with Crippen LogP contribution in [-0.2, 0) is 15.0 Å². The van der Waals surface area contributed by atoms with Crippen LogP contribution in [0.15, 0.2) is 96.1 Å². The third kappa shape index (κ3) is 3.59. The number of hydrogen-bond acceptors (Lipinski definition) is 7. The summed E-state index contributed by atoms with van der Waals surface area (Å²) in [6.07, 6.45) is 1.53. The molecule has 1 saturated heterocycles. The van der Waals surface area contributed by atoms with Gasteiger partial charge in [0.15, 0.2) is 0 Å². The molecule has 10 nitrogen and oxygen atoms in total. The summed E-state index contributed by atoms with van der Waals surface area (Å²) < 4.78 is 0. The Balaban J connectivity index is 1.42.